The first-order valence-corrected chi connectivity index (χ1v) is 8.71. The van der Waals surface area contributed by atoms with E-state index in [1.165, 1.54) is 29.8 Å². The first-order valence-electron chi connectivity index (χ1n) is 6.15. The molecule has 0 spiro atoms. The van der Waals surface area contributed by atoms with Crippen LogP contribution in [0.15, 0.2) is 18.2 Å². The van der Waals surface area contributed by atoms with Gasteiger partial charge in [-0.05, 0) is 40.8 Å². The van der Waals surface area contributed by atoms with E-state index in [1.807, 2.05) is 22.6 Å². The zero-order valence-electron chi connectivity index (χ0n) is 12.0. The van der Waals surface area contributed by atoms with Gasteiger partial charge in [0.05, 0.1) is 9.13 Å². The molecule has 0 atom stereocenters. The van der Waals surface area contributed by atoms with Gasteiger partial charge in [-0.25, -0.2) is 17.9 Å². The number of esters is 2. The monoisotopic (exact) mass is 481 g/mol. The second kappa shape index (κ2) is 8.11. The van der Waals surface area contributed by atoms with Crippen molar-refractivity contribution >= 4 is 44.6 Å². The lowest BCUT2D eigenvalue weighted by Crippen LogP contribution is -2.38. The Morgan fingerprint density at radius 2 is 1.92 bits per heavy atom. The molecular formula is C12H11F3INO6S. The van der Waals surface area contributed by atoms with Gasteiger partial charge in [0, 0.05) is 13.5 Å². The first kappa shape index (κ1) is 20.6. The number of halogens is 4. The quantitative estimate of drug-likeness (QED) is 0.288. The van der Waals surface area contributed by atoms with Gasteiger partial charge in [0.15, 0.2) is 0 Å². The normalized spacial score (nSPS) is 11.9. The maximum Gasteiger partial charge on any atom is 0.511 e. The van der Waals surface area contributed by atoms with E-state index >= 15 is 0 Å². The van der Waals surface area contributed by atoms with E-state index in [0.717, 1.165) is 0 Å². The SMILES string of the molecule is CC(=O)Oc1cc(C(=O)OCCNS(=O)(=O)C(F)(F)F)ccc1I. The van der Waals surface area contributed by atoms with E-state index in [9.17, 15) is 31.2 Å². The molecule has 0 radical (unpaired) electrons. The molecule has 7 nitrogen and oxygen atoms in total. The molecule has 0 aliphatic heterocycles. The van der Waals surface area contributed by atoms with Crippen LogP contribution in [0.2, 0.25) is 0 Å². The smallest absolute Gasteiger partial charge is 0.461 e. The molecule has 0 aliphatic carbocycles. The number of benzene rings is 1. The van der Waals surface area contributed by atoms with Crippen molar-refractivity contribution in [3.63, 3.8) is 0 Å². The highest BCUT2D eigenvalue weighted by molar-refractivity contribution is 14.1. The second-order valence-electron chi connectivity index (χ2n) is 4.22. The lowest BCUT2D eigenvalue weighted by molar-refractivity contribution is -0.131. The van der Waals surface area contributed by atoms with Gasteiger partial charge in [-0.2, -0.15) is 13.2 Å². The molecule has 1 aromatic rings. The van der Waals surface area contributed by atoms with Crippen LogP contribution in [0.5, 0.6) is 5.75 Å². The van der Waals surface area contributed by atoms with E-state index in [2.05, 4.69) is 4.74 Å². The van der Waals surface area contributed by atoms with Crippen molar-refractivity contribution < 1.29 is 40.7 Å². The van der Waals surface area contributed by atoms with Crippen molar-refractivity contribution in [3.05, 3.63) is 27.3 Å². The largest absolute Gasteiger partial charge is 0.511 e. The molecule has 0 aromatic heterocycles. The average Bonchev–Trinajstić information content (AvgIpc) is 2.44. The van der Waals surface area contributed by atoms with Crippen LogP contribution in [0.25, 0.3) is 0 Å². The predicted molar refractivity (Wildman–Crippen MR) is 83.7 cm³/mol. The molecule has 1 rings (SSSR count). The highest BCUT2D eigenvalue weighted by atomic mass is 127. The van der Waals surface area contributed by atoms with Gasteiger partial charge in [-0.1, -0.05) is 0 Å². The summed E-state index contributed by atoms with van der Waals surface area (Å²) in [4.78, 5) is 22.7. The molecule has 0 unspecified atom stereocenters. The Kier molecular flexibility index (Phi) is 6.97. The van der Waals surface area contributed by atoms with E-state index in [1.54, 1.807) is 0 Å². The highest BCUT2D eigenvalue weighted by Crippen LogP contribution is 2.23. The number of ether oxygens (including phenoxy) is 2. The van der Waals surface area contributed by atoms with E-state index in [-0.39, 0.29) is 11.3 Å². The van der Waals surface area contributed by atoms with Crippen LogP contribution in [-0.4, -0.2) is 39.0 Å². The second-order valence-corrected chi connectivity index (χ2v) is 7.14. The minimum atomic E-state index is -5.49. The third-order valence-electron chi connectivity index (χ3n) is 2.35. The number of hydrogen-bond acceptors (Lipinski definition) is 6. The Balaban J connectivity index is 2.62. The summed E-state index contributed by atoms with van der Waals surface area (Å²) in [5.41, 5.74) is -5.45. The molecule has 1 N–H and O–H groups in total. The molecule has 0 saturated carbocycles. The highest BCUT2D eigenvalue weighted by Gasteiger charge is 2.45. The fourth-order valence-electron chi connectivity index (χ4n) is 1.35. The molecule has 0 fully saturated rings. The van der Waals surface area contributed by atoms with Crippen LogP contribution in [0.1, 0.15) is 17.3 Å². The summed E-state index contributed by atoms with van der Waals surface area (Å²) in [7, 11) is -5.49. The minimum Gasteiger partial charge on any atom is -0.461 e. The summed E-state index contributed by atoms with van der Waals surface area (Å²) >= 11 is 1.87. The summed E-state index contributed by atoms with van der Waals surface area (Å²) in [6.07, 6.45) is 0. The van der Waals surface area contributed by atoms with E-state index in [4.69, 9.17) is 4.74 Å². The summed E-state index contributed by atoms with van der Waals surface area (Å²) < 4.78 is 69.0. The van der Waals surface area contributed by atoms with E-state index in [0.29, 0.717) is 3.57 Å². The summed E-state index contributed by atoms with van der Waals surface area (Å²) in [6, 6.07) is 4.06. The third kappa shape index (κ3) is 5.90. The van der Waals surface area contributed by atoms with Crippen LogP contribution in [0.3, 0.4) is 0 Å². The maximum atomic E-state index is 12.1. The Morgan fingerprint density at radius 3 is 2.46 bits per heavy atom. The summed E-state index contributed by atoms with van der Waals surface area (Å²) in [5.74, 6) is -1.39. The fraction of sp³-hybridized carbons (Fsp3) is 0.333. The Hall–Kier alpha value is -1.41. The first-order chi connectivity index (χ1) is 10.9. The van der Waals surface area contributed by atoms with Crippen LogP contribution in [-0.2, 0) is 19.6 Å². The van der Waals surface area contributed by atoms with Crippen LogP contribution >= 0.6 is 22.6 Å². The van der Waals surface area contributed by atoms with Gasteiger partial charge < -0.3 is 9.47 Å². The van der Waals surface area contributed by atoms with Gasteiger partial charge in [-0.3, -0.25) is 4.79 Å². The topological polar surface area (TPSA) is 98.8 Å². The molecule has 0 heterocycles. The van der Waals surface area contributed by atoms with Crippen molar-refractivity contribution in [2.75, 3.05) is 13.2 Å². The molecule has 24 heavy (non-hydrogen) atoms. The standard InChI is InChI=1S/C12H11F3INO6S/c1-7(18)23-10-6-8(2-3-9(10)16)11(19)22-5-4-17-24(20,21)12(13,14)15/h2-3,6,17H,4-5H2,1H3. The Morgan fingerprint density at radius 1 is 1.29 bits per heavy atom. The zero-order valence-corrected chi connectivity index (χ0v) is 15.0. The number of nitrogens with one attached hydrogen (secondary N) is 1. The number of carbonyl (C=O) groups is 2. The van der Waals surface area contributed by atoms with Crippen LogP contribution in [0.4, 0.5) is 13.2 Å². The molecule has 0 aliphatic rings. The third-order valence-corrected chi connectivity index (χ3v) is 4.44. The lowest BCUT2D eigenvalue weighted by Gasteiger charge is -2.10. The van der Waals surface area contributed by atoms with Gasteiger partial charge in [0.2, 0.25) is 0 Å². The maximum absolute atomic E-state index is 12.1. The number of alkyl halides is 3. The molecule has 134 valence electrons. The number of carbonyl (C=O) groups excluding carboxylic acids is 2. The number of hydrogen-bond donors (Lipinski definition) is 1. The molecule has 0 saturated heterocycles. The average molecular weight is 481 g/mol. The van der Waals surface area contributed by atoms with Crippen molar-refractivity contribution in [2.45, 2.75) is 12.4 Å². The predicted octanol–water partition coefficient (Wildman–Crippen LogP) is 1.81. The van der Waals surface area contributed by atoms with E-state index < -0.39 is 40.6 Å². The van der Waals surface area contributed by atoms with Crippen molar-refractivity contribution in [2.24, 2.45) is 0 Å². The molecule has 0 bridgehead atoms. The molecular weight excluding hydrogens is 470 g/mol. The fourth-order valence-corrected chi connectivity index (χ4v) is 2.31. The summed E-state index contributed by atoms with van der Waals surface area (Å²) in [6.45, 7) is -0.175. The zero-order chi connectivity index (χ0) is 18.5. The van der Waals surface area contributed by atoms with Gasteiger partial charge in [0.1, 0.15) is 12.4 Å². The van der Waals surface area contributed by atoms with Gasteiger partial charge in [0.25, 0.3) is 0 Å². The summed E-state index contributed by atoms with van der Waals surface area (Å²) in [5, 5.41) is 0. The number of rotatable bonds is 6. The molecule has 1 aromatic carbocycles. The van der Waals surface area contributed by atoms with Gasteiger partial charge in [-0.15, -0.1) is 0 Å². The Bertz CT molecular complexity index is 735. The molecule has 12 heteroatoms. The van der Waals surface area contributed by atoms with Crippen LogP contribution < -0.4 is 9.46 Å². The van der Waals surface area contributed by atoms with Gasteiger partial charge >= 0.3 is 27.5 Å². The minimum absolute atomic E-state index is 0.00894. The Labute approximate surface area is 148 Å². The molecule has 0 amide bonds. The lowest BCUT2D eigenvalue weighted by atomic mass is 10.2. The van der Waals surface area contributed by atoms with Crippen molar-refractivity contribution in [1.82, 2.24) is 4.72 Å². The van der Waals surface area contributed by atoms with Crippen molar-refractivity contribution in [3.8, 4) is 5.75 Å². The van der Waals surface area contributed by atoms with Crippen molar-refractivity contribution in [1.29, 1.82) is 0 Å². The number of sulfonamides is 1. The van der Waals surface area contributed by atoms with Crippen LogP contribution in [0, 0.1) is 3.57 Å².